The van der Waals surface area contributed by atoms with Gasteiger partial charge >= 0.3 is 0 Å². The fourth-order valence-corrected chi connectivity index (χ4v) is 1.94. The first-order valence-corrected chi connectivity index (χ1v) is 5.55. The van der Waals surface area contributed by atoms with Gasteiger partial charge in [-0.15, -0.1) is 0 Å². The second-order valence-electron chi connectivity index (χ2n) is 3.93. The van der Waals surface area contributed by atoms with Gasteiger partial charge in [0.25, 0.3) is 0 Å². The van der Waals surface area contributed by atoms with Crippen molar-refractivity contribution in [3.8, 4) is 0 Å². The Morgan fingerprint density at radius 1 is 1.40 bits per heavy atom. The van der Waals surface area contributed by atoms with Crippen molar-refractivity contribution in [1.29, 1.82) is 0 Å². The zero-order chi connectivity index (χ0) is 11.3. The molecule has 0 amide bonds. The molecule has 1 heterocycles. The Bertz CT molecular complexity index is 305. The molecule has 2 N–H and O–H groups in total. The van der Waals surface area contributed by atoms with Crippen LogP contribution in [0.1, 0.15) is 23.4 Å². The van der Waals surface area contributed by atoms with Crippen LogP contribution in [-0.2, 0) is 17.7 Å². The minimum atomic E-state index is 0.766. The number of aromatic nitrogens is 1. The van der Waals surface area contributed by atoms with E-state index < -0.39 is 0 Å². The van der Waals surface area contributed by atoms with Gasteiger partial charge in [-0.25, -0.2) is 0 Å². The third-order valence-corrected chi connectivity index (χ3v) is 2.85. The summed E-state index contributed by atoms with van der Waals surface area (Å²) < 4.78 is 7.42. The molecule has 3 nitrogen and oxygen atoms in total. The minimum Gasteiger partial charge on any atom is -0.383 e. The molecule has 0 fully saturated rings. The van der Waals surface area contributed by atoms with Crippen LogP contribution in [0.4, 0.5) is 0 Å². The lowest BCUT2D eigenvalue weighted by atomic mass is 10.1. The quantitative estimate of drug-likeness (QED) is 0.775. The Morgan fingerprint density at radius 2 is 2.13 bits per heavy atom. The number of ether oxygens (including phenoxy) is 1. The molecule has 15 heavy (non-hydrogen) atoms. The van der Waals surface area contributed by atoms with Crippen LogP contribution in [0.3, 0.4) is 0 Å². The van der Waals surface area contributed by atoms with Crippen molar-refractivity contribution in [2.45, 2.75) is 33.2 Å². The number of nitrogens with zero attached hydrogens (tertiary/aromatic N) is 1. The van der Waals surface area contributed by atoms with Crippen LogP contribution in [0, 0.1) is 13.8 Å². The summed E-state index contributed by atoms with van der Waals surface area (Å²) >= 11 is 0. The predicted octanol–water partition coefficient (Wildman–Crippen LogP) is 1.64. The fraction of sp³-hybridized carbons (Fsp3) is 0.667. The Hall–Kier alpha value is -0.800. The number of nitrogens with two attached hydrogens (primary N) is 1. The van der Waals surface area contributed by atoms with Crippen molar-refractivity contribution in [3.05, 3.63) is 23.0 Å². The van der Waals surface area contributed by atoms with Gasteiger partial charge in [-0.2, -0.15) is 0 Å². The fourth-order valence-electron chi connectivity index (χ4n) is 1.94. The summed E-state index contributed by atoms with van der Waals surface area (Å²) in [7, 11) is 1.74. The normalized spacial score (nSPS) is 10.9. The molecule has 0 aromatic carbocycles. The van der Waals surface area contributed by atoms with Crippen LogP contribution < -0.4 is 5.73 Å². The van der Waals surface area contributed by atoms with E-state index in [1.165, 1.54) is 17.0 Å². The Balaban J connectivity index is 2.74. The van der Waals surface area contributed by atoms with E-state index in [0.717, 1.165) is 32.5 Å². The highest BCUT2D eigenvalue weighted by Gasteiger charge is 2.07. The molecule has 1 aromatic rings. The van der Waals surface area contributed by atoms with Crippen molar-refractivity contribution < 1.29 is 4.74 Å². The van der Waals surface area contributed by atoms with Crippen molar-refractivity contribution in [3.63, 3.8) is 0 Å². The molecule has 0 aliphatic rings. The summed E-state index contributed by atoms with van der Waals surface area (Å²) in [5, 5.41) is 0. The van der Waals surface area contributed by atoms with Crippen LogP contribution in [0.2, 0.25) is 0 Å². The molecule has 0 unspecified atom stereocenters. The van der Waals surface area contributed by atoms with Gasteiger partial charge in [0.15, 0.2) is 0 Å². The molecular formula is C12H22N2O. The van der Waals surface area contributed by atoms with Gasteiger partial charge in [-0.3, -0.25) is 0 Å². The molecule has 1 rings (SSSR count). The first-order valence-electron chi connectivity index (χ1n) is 5.55. The van der Waals surface area contributed by atoms with Gasteiger partial charge in [0.05, 0.1) is 6.61 Å². The minimum absolute atomic E-state index is 0.766. The molecule has 1 aromatic heterocycles. The highest BCUT2D eigenvalue weighted by molar-refractivity contribution is 5.26. The molecule has 0 atom stereocenters. The molecule has 0 bridgehead atoms. The lowest BCUT2D eigenvalue weighted by Gasteiger charge is -2.08. The van der Waals surface area contributed by atoms with E-state index in [0.29, 0.717) is 0 Å². The number of aryl methyl sites for hydroxylation is 2. The van der Waals surface area contributed by atoms with Crippen LogP contribution in [0.15, 0.2) is 6.07 Å². The molecule has 0 aliphatic carbocycles. The maximum Gasteiger partial charge on any atom is 0.0641 e. The molecule has 0 saturated heterocycles. The van der Waals surface area contributed by atoms with Gasteiger partial charge in [-0.1, -0.05) is 0 Å². The average Bonchev–Trinajstić information content (AvgIpc) is 2.49. The summed E-state index contributed by atoms with van der Waals surface area (Å²) in [4.78, 5) is 0. The summed E-state index contributed by atoms with van der Waals surface area (Å²) in [6.45, 7) is 6.80. The average molecular weight is 210 g/mol. The Labute approximate surface area is 92.2 Å². The number of hydrogen-bond acceptors (Lipinski definition) is 2. The molecule has 86 valence electrons. The first kappa shape index (κ1) is 12.3. The van der Waals surface area contributed by atoms with Gasteiger partial charge in [0, 0.05) is 25.0 Å². The van der Waals surface area contributed by atoms with Gasteiger partial charge in [0.1, 0.15) is 0 Å². The SMILES string of the molecule is COCCn1c(C)cc(CCCN)c1C. The molecule has 0 spiro atoms. The van der Waals surface area contributed by atoms with E-state index in [4.69, 9.17) is 10.5 Å². The third kappa shape index (κ3) is 3.08. The van der Waals surface area contributed by atoms with Crippen molar-refractivity contribution >= 4 is 0 Å². The van der Waals surface area contributed by atoms with Gasteiger partial charge in [0.2, 0.25) is 0 Å². The second kappa shape index (κ2) is 5.93. The largest absolute Gasteiger partial charge is 0.383 e. The zero-order valence-corrected chi connectivity index (χ0v) is 10.0. The van der Waals surface area contributed by atoms with Gasteiger partial charge < -0.3 is 15.0 Å². The lowest BCUT2D eigenvalue weighted by molar-refractivity contribution is 0.186. The van der Waals surface area contributed by atoms with Gasteiger partial charge in [-0.05, 0) is 44.9 Å². The molecule has 3 heteroatoms. The molecule has 0 aliphatic heterocycles. The zero-order valence-electron chi connectivity index (χ0n) is 10.0. The third-order valence-electron chi connectivity index (χ3n) is 2.85. The number of hydrogen-bond donors (Lipinski definition) is 1. The highest BCUT2D eigenvalue weighted by atomic mass is 16.5. The standard InChI is InChI=1S/C12H22N2O/c1-10-9-12(5-4-6-13)11(2)14(10)7-8-15-3/h9H,4-8,13H2,1-3H3. The van der Waals surface area contributed by atoms with Crippen molar-refractivity contribution in [2.24, 2.45) is 5.73 Å². The van der Waals surface area contributed by atoms with Crippen molar-refractivity contribution in [2.75, 3.05) is 20.3 Å². The summed E-state index contributed by atoms with van der Waals surface area (Å²) in [5.41, 5.74) is 9.63. The monoisotopic (exact) mass is 210 g/mol. The maximum atomic E-state index is 5.52. The summed E-state index contributed by atoms with van der Waals surface area (Å²) in [6.07, 6.45) is 2.15. The Morgan fingerprint density at radius 3 is 2.73 bits per heavy atom. The topological polar surface area (TPSA) is 40.2 Å². The molecule has 0 saturated carbocycles. The molecular weight excluding hydrogens is 188 g/mol. The number of methoxy groups -OCH3 is 1. The van der Waals surface area contributed by atoms with Crippen molar-refractivity contribution in [1.82, 2.24) is 4.57 Å². The van der Waals surface area contributed by atoms with E-state index in [1.54, 1.807) is 7.11 Å². The summed E-state index contributed by atoms with van der Waals surface area (Å²) in [5.74, 6) is 0. The smallest absolute Gasteiger partial charge is 0.0641 e. The van der Waals surface area contributed by atoms with Crippen LogP contribution in [-0.4, -0.2) is 24.8 Å². The second-order valence-corrected chi connectivity index (χ2v) is 3.93. The van der Waals surface area contributed by atoms with E-state index >= 15 is 0 Å². The van der Waals surface area contributed by atoms with E-state index in [-0.39, 0.29) is 0 Å². The number of rotatable bonds is 6. The van der Waals surface area contributed by atoms with Crippen LogP contribution >= 0.6 is 0 Å². The Kier molecular flexibility index (Phi) is 4.85. The van der Waals surface area contributed by atoms with Crippen LogP contribution in [0.5, 0.6) is 0 Å². The molecule has 0 radical (unpaired) electrons. The summed E-state index contributed by atoms with van der Waals surface area (Å²) in [6, 6.07) is 2.26. The predicted molar refractivity (Wildman–Crippen MR) is 63.2 cm³/mol. The van der Waals surface area contributed by atoms with E-state index in [9.17, 15) is 0 Å². The maximum absolute atomic E-state index is 5.52. The van der Waals surface area contributed by atoms with Crippen LogP contribution in [0.25, 0.3) is 0 Å². The highest BCUT2D eigenvalue weighted by Crippen LogP contribution is 2.16. The first-order chi connectivity index (χ1) is 7.20. The van der Waals surface area contributed by atoms with E-state index in [2.05, 4.69) is 24.5 Å². The lowest BCUT2D eigenvalue weighted by Crippen LogP contribution is -2.08. The van der Waals surface area contributed by atoms with E-state index in [1.807, 2.05) is 0 Å².